The molecule has 1 aromatic carbocycles. The number of benzene rings is 1. The van der Waals surface area contributed by atoms with Gasteiger partial charge in [0.1, 0.15) is 6.33 Å². The van der Waals surface area contributed by atoms with E-state index in [0.29, 0.717) is 15.9 Å². The molecule has 0 bridgehead atoms. The minimum absolute atomic E-state index is 0.361. The van der Waals surface area contributed by atoms with Gasteiger partial charge in [-0.1, -0.05) is 23.4 Å². The highest BCUT2D eigenvalue weighted by molar-refractivity contribution is 7.98. The fourth-order valence-electron chi connectivity index (χ4n) is 1.15. The molecule has 2 rings (SSSR count). The first-order chi connectivity index (χ1) is 8.19. The number of nitrogens with zero attached hydrogens (tertiary/aromatic N) is 3. The van der Waals surface area contributed by atoms with E-state index < -0.39 is 0 Å². The van der Waals surface area contributed by atoms with Crippen LogP contribution in [0.25, 0.3) is 0 Å². The summed E-state index contributed by atoms with van der Waals surface area (Å²) >= 11 is 7.12. The lowest BCUT2D eigenvalue weighted by molar-refractivity contribution is 0.250. The van der Waals surface area contributed by atoms with Crippen LogP contribution in [0, 0.1) is 0 Å². The van der Waals surface area contributed by atoms with E-state index in [1.54, 1.807) is 24.3 Å². The molecule has 0 spiro atoms. The summed E-state index contributed by atoms with van der Waals surface area (Å²) in [5, 5.41) is 7.82. The predicted molar refractivity (Wildman–Crippen MR) is 67.7 cm³/mol. The maximum Gasteiger partial charge on any atom is 0.348 e. The van der Waals surface area contributed by atoms with Crippen molar-refractivity contribution in [2.24, 2.45) is 0 Å². The van der Waals surface area contributed by atoms with Crippen molar-refractivity contribution in [2.45, 2.75) is 5.16 Å². The number of halogens is 1. The van der Waals surface area contributed by atoms with Gasteiger partial charge in [-0.05, 0) is 30.5 Å². The Morgan fingerprint density at radius 1 is 1.41 bits per heavy atom. The molecule has 5 nitrogen and oxygen atoms in total. The van der Waals surface area contributed by atoms with E-state index in [0.717, 1.165) is 4.68 Å². The van der Waals surface area contributed by atoms with Gasteiger partial charge < -0.3 is 5.32 Å². The lowest BCUT2D eigenvalue weighted by Crippen LogP contribution is -2.19. The summed E-state index contributed by atoms with van der Waals surface area (Å²) in [5.41, 5.74) is 0.653. The van der Waals surface area contributed by atoms with Crippen molar-refractivity contribution < 1.29 is 4.79 Å². The molecule has 7 heteroatoms. The van der Waals surface area contributed by atoms with Crippen LogP contribution >= 0.6 is 23.4 Å². The van der Waals surface area contributed by atoms with Crippen LogP contribution in [0.15, 0.2) is 35.7 Å². The van der Waals surface area contributed by atoms with Gasteiger partial charge in [0.15, 0.2) is 0 Å². The van der Waals surface area contributed by atoms with Crippen molar-refractivity contribution in [3.63, 3.8) is 0 Å². The van der Waals surface area contributed by atoms with E-state index in [9.17, 15) is 4.79 Å². The number of anilines is 1. The van der Waals surface area contributed by atoms with Crippen molar-refractivity contribution >= 4 is 35.1 Å². The lowest BCUT2D eigenvalue weighted by Gasteiger charge is -2.03. The molecule has 0 atom stereocenters. The van der Waals surface area contributed by atoms with E-state index in [4.69, 9.17) is 11.6 Å². The second-order valence-corrected chi connectivity index (χ2v) is 4.32. The second-order valence-electron chi connectivity index (χ2n) is 3.11. The Kier molecular flexibility index (Phi) is 3.65. The van der Waals surface area contributed by atoms with Crippen molar-refractivity contribution in [3.8, 4) is 0 Å². The van der Waals surface area contributed by atoms with Gasteiger partial charge in [-0.2, -0.15) is 4.68 Å². The lowest BCUT2D eigenvalue weighted by atomic mass is 10.3. The second kappa shape index (κ2) is 5.20. The zero-order chi connectivity index (χ0) is 12.3. The van der Waals surface area contributed by atoms with Crippen molar-refractivity contribution in [2.75, 3.05) is 11.6 Å². The summed E-state index contributed by atoms with van der Waals surface area (Å²) in [4.78, 5) is 15.7. The van der Waals surface area contributed by atoms with Gasteiger partial charge in [0.2, 0.25) is 5.16 Å². The van der Waals surface area contributed by atoms with Crippen LogP contribution in [0.2, 0.25) is 5.02 Å². The highest BCUT2D eigenvalue weighted by Crippen LogP contribution is 2.13. The Hall–Kier alpha value is -1.53. The van der Waals surface area contributed by atoms with E-state index in [-0.39, 0.29) is 6.03 Å². The van der Waals surface area contributed by atoms with Crippen LogP contribution in [0.4, 0.5) is 10.5 Å². The highest BCUT2D eigenvalue weighted by atomic mass is 35.5. The fourth-order valence-corrected chi connectivity index (χ4v) is 1.60. The van der Waals surface area contributed by atoms with Crippen LogP contribution in [-0.4, -0.2) is 27.1 Å². The number of rotatable bonds is 2. The molecule has 0 aliphatic carbocycles. The number of hydrogen-bond donors (Lipinski definition) is 1. The Balaban J connectivity index is 2.08. The molecule has 0 saturated heterocycles. The molecule has 0 unspecified atom stereocenters. The molecule has 88 valence electrons. The Bertz CT molecular complexity index is 525. The summed E-state index contributed by atoms with van der Waals surface area (Å²) in [6, 6.07) is 6.47. The molecule has 0 radical (unpaired) electrons. The van der Waals surface area contributed by atoms with Gasteiger partial charge in [0, 0.05) is 10.7 Å². The third-order valence-corrected chi connectivity index (χ3v) is 2.76. The third kappa shape index (κ3) is 2.98. The van der Waals surface area contributed by atoms with Gasteiger partial charge in [0.25, 0.3) is 0 Å². The predicted octanol–water partition coefficient (Wildman–Crippen LogP) is 2.73. The minimum atomic E-state index is -0.361. The molecule has 1 aromatic heterocycles. The van der Waals surface area contributed by atoms with Gasteiger partial charge in [-0.3, -0.25) is 0 Å². The molecule has 0 aliphatic rings. The van der Waals surface area contributed by atoms with Crippen LogP contribution in [0.5, 0.6) is 0 Å². The molecule has 1 amide bonds. The van der Waals surface area contributed by atoms with Gasteiger partial charge in [0.05, 0.1) is 0 Å². The largest absolute Gasteiger partial charge is 0.348 e. The monoisotopic (exact) mass is 268 g/mol. The molecule has 1 heterocycles. The first-order valence-corrected chi connectivity index (χ1v) is 6.32. The molecule has 0 saturated carbocycles. The number of aromatic nitrogens is 3. The maximum absolute atomic E-state index is 11.7. The molecule has 17 heavy (non-hydrogen) atoms. The average molecular weight is 269 g/mol. The summed E-state index contributed by atoms with van der Waals surface area (Å²) in [5.74, 6) is 0. The van der Waals surface area contributed by atoms with Crippen LogP contribution < -0.4 is 5.32 Å². The Morgan fingerprint density at radius 3 is 2.71 bits per heavy atom. The van der Waals surface area contributed by atoms with E-state index in [1.165, 1.54) is 18.1 Å². The fraction of sp³-hybridized carbons (Fsp3) is 0.100. The quantitative estimate of drug-likeness (QED) is 0.851. The number of amides is 1. The number of thioether (sulfide) groups is 1. The molecular formula is C10H9ClN4OS. The molecule has 2 aromatic rings. The van der Waals surface area contributed by atoms with E-state index in [1.807, 2.05) is 6.26 Å². The van der Waals surface area contributed by atoms with Gasteiger partial charge >= 0.3 is 6.03 Å². The first-order valence-electron chi connectivity index (χ1n) is 4.71. The molecular weight excluding hydrogens is 260 g/mol. The zero-order valence-electron chi connectivity index (χ0n) is 8.92. The van der Waals surface area contributed by atoms with Crippen LogP contribution in [0.3, 0.4) is 0 Å². The molecule has 0 aliphatic heterocycles. The van der Waals surface area contributed by atoms with Gasteiger partial charge in [-0.15, -0.1) is 5.10 Å². The zero-order valence-corrected chi connectivity index (χ0v) is 10.5. The smallest absolute Gasteiger partial charge is 0.306 e. The summed E-state index contributed by atoms with van der Waals surface area (Å²) in [6.45, 7) is 0. The Labute approximate surface area is 107 Å². The van der Waals surface area contributed by atoms with Crippen LogP contribution in [-0.2, 0) is 0 Å². The number of carbonyl (C=O) groups is 1. The SMILES string of the molecule is CSc1ncn(C(=O)Nc2ccc(Cl)cc2)n1. The van der Waals surface area contributed by atoms with Crippen molar-refractivity contribution in [1.29, 1.82) is 0 Å². The van der Waals surface area contributed by atoms with E-state index >= 15 is 0 Å². The standard InChI is InChI=1S/C10H9ClN4OS/c1-17-9-12-6-15(14-9)10(16)13-8-4-2-7(11)3-5-8/h2-6H,1H3,(H,13,16). The maximum atomic E-state index is 11.7. The summed E-state index contributed by atoms with van der Waals surface area (Å²) in [6.07, 6.45) is 3.22. The van der Waals surface area contributed by atoms with E-state index in [2.05, 4.69) is 15.4 Å². The summed E-state index contributed by atoms with van der Waals surface area (Å²) < 4.78 is 1.15. The average Bonchev–Trinajstić information content (AvgIpc) is 2.81. The third-order valence-electron chi connectivity index (χ3n) is 1.96. The van der Waals surface area contributed by atoms with Crippen molar-refractivity contribution in [1.82, 2.24) is 14.8 Å². The number of hydrogen-bond acceptors (Lipinski definition) is 4. The van der Waals surface area contributed by atoms with Gasteiger partial charge in [-0.25, -0.2) is 9.78 Å². The molecule has 0 fully saturated rings. The minimum Gasteiger partial charge on any atom is -0.306 e. The number of nitrogens with one attached hydrogen (secondary N) is 1. The number of carbonyl (C=O) groups excluding carboxylic acids is 1. The normalized spacial score (nSPS) is 10.2. The molecule has 1 N–H and O–H groups in total. The highest BCUT2D eigenvalue weighted by Gasteiger charge is 2.07. The summed E-state index contributed by atoms with van der Waals surface area (Å²) in [7, 11) is 0. The van der Waals surface area contributed by atoms with Crippen LogP contribution in [0.1, 0.15) is 0 Å². The Morgan fingerprint density at radius 2 is 2.12 bits per heavy atom. The first kappa shape index (κ1) is 11.9. The van der Waals surface area contributed by atoms with Crippen molar-refractivity contribution in [3.05, 3.63) is 35.6 Å². The topological polar surface area (TPSA) is 59.8 Å².